The van der Waals surface area contributed by atoms with Crippen LogP contribution < -0.4 is 5.32 Å². The van der Waals surface area contributed by atoms with Gasteiger partial charge in [0.1, 0.15) is 5.69 Å². The molecule has 0 spiro atoms. The van der Waals surface area contributed by atoms with Crippen molar-refractivity contribution in [2.45, 2.75) is 18.9 Å². The van der Waals surface area contributed by atoms with Crippen LogP contribution in [0.2, 0.25) is 0 Å². The van der Waals surface area contributed by atoms with Crippen molar-refractivity contribution in [1.29, 1.82) is 0 Å². The van der Waals surface area contributed by atoms with Crippen molar-refractivity contribution in [3.63, 3.8) is 0 Å². The summed E-state index contributed by atoms with van der Waals surface area (Å²) in [6, 6.07) is 18.0. The molecule has 3 heterocycles. The average Bonchev–Trinajstić information content (AvgIpc) is 3.39. The molecule has 29 heavy (non-hydrogen) atoms. The Bertz CT molecular complexity index is 1210. The number of benzene rings is 2. The second kappa shape index (κ2) is 7.61. The van der Waals surface area contributed by atoms with Crippen molar-refractivity contribution in [2.24, 2.45) is 0 Å². The summed E-state index contributed by atoms with van der Waals surface area (Å²) < 4.78 is 6.58. The maximum Gasteiger partial charge on any atom is 0.270 e. The van der Waals surface area contributed by atoms with Gasteiger partial charge in [-0.25, -0.2) is 4.98 Å². The molecule has 0 bridgehead atoms. The predicted molar refractivity (Wildman–Crippen MR) is 118 cm³/mol. The monoisotopic (exact) mass is 449 g/mol. The van der Waals surface area contributed by atoms with Gasteiger partial charge in [-0.1, -0.05) is 46.3 Å². The van der Waals surface area contributed by atoms with Crippen LogP contribution >= 0.6 is 15.9 Å². The number of rotatable bonds is 4. The Morgan fingerprint density at radius 3 is 2.90 bits per heavy atom. The van der Waals surface area contributed by atoms with Crippen LogP contribution in [0, 0.1) is 0 Å². The Kier molecular flexibility index (Phi) is 4.81. The molecule has 5 rings (SSSR count). The number of hydrogen-bond donors (Lipinski definition) is 2. The molecule has 1 aliphatic rings. The van der Waals surface area contributed by atoms with Crippen LogP contribution in [0.1, 0.15) is 23.3 Å². The number of nitrogens with one attached hydrogen (secondary N) is 2. The number of carbonyl (C=O) groups is 1. The number of hydrogen-bond acceptors (Lipinski definition) is 3. The number of carbonyl (C=O) groups excluding carboxylic acids is 1. The second-order valence-corrected chi connectivity index (χ2v) is 8.22. The van der Waals surface area contributed by atoms with E-state index in [0.717, 1.165) is 57.0 Å². The van der Waals surface area contributed by atoms with E-state index in [4.69, 9.17) is 9.72 Å². The van der Waals surface area contributed by atoms with Crippen molar-refractivity contribution in [3.05, 3.63) is 64.8 Å². The Morgan fingerprint density at radius 1 is 1.17 bits per heavy atom. The Morgan fingerprint density at radius 2 is 2.07 bits per heavy atom. The molecular weight excluding hydrogens is 430 g/mol. The zero-order valence-electron chi connectivity index (χ0n) is 15.7. The van der Waals surface area contributed by atoms with Gasteiger partial charge in [-0.2, -0.15) is 0 Å². The minimum Gasteiger partial charge on any atom is -0.376 e. The van der Waals surface area contributed by atoms with Crippen LogP contribution in [-0.2, 0) is 4.74 Å². The molecule has 0 unspecified atom stereocenters. The Balaban J connectivity index is 1.62. The molecule has 4 aromatic rings. The fraction of sp³-hybridized carbons (Fsp3) is 0.217. The number of aromatic nitrogens is 2. The summed E-state index contributed by atoms with van der Waals surface area (Å²) in [4.78, 5) is 21.1. The number of aromatic amines is 1. The molecule has 1 amide bonds. The SMILES string of the molecule is O=C(NC[C@H]1CCCO1)c1cc2c([nH]c3ccccc32)c(-c2cccc(Br)c2)n1. The lowest BCUT2D eigenvalue weighted by Crippen LogP contribution is -2.32. The summed E-state index contributed by atoms with van der Waals surface area (Å²) in [5, 5.41) is 5.06. The molecule has 1 aliphatic heterocycles. The third-order valence-corrected chi connectivity index (χ3v) is 5.83. The smallest absolute Gasteiger partial charge is 0.270 e. The lowest BCUT2D eigenvalue weighted by Gasteiger charge is -2.12. The number of pyridine rings is 1. The molecule has 146 valence electrons. The Hall–Kier alpha value is -2.70. The van der Waals surface area contributed by atoms with E-state index in [1.165, 1.54) is 0 Å². The number of H-pyrrole nitrogens is 1. The van der Waals surface area contributed by atoms with Gasteiger partial charge in [0.05, 0.1) is 17.3 Å². The van der Waals surface area contributed by atoms with Gasteiger partial charge < -0.3 is 15.0 Å². The summed E-state index contributed by atoms with van der Waals surface area (Å²) >= 11 is 3.54. The van der Waals surface area contributed by atoms with Gasteiger partial charge in [0.25, 0.3) is 5.91 Å². The van der Waals surface area contributed by atoms with Crippen molar-refractivity contribution < 1.29 is 9.53 Å². The quantitative estimate of drug-likeness (QED) is 0.457. The van der Waals surface area contributed by atoms with E-state index in [-0.39, 0.29) is 12.0 Å². The standard InChI is InChI=1S/C23H20BrN3O2/c24-15-6-3-5-14(11-15)21-22-18(17-8-1-2-9-19(17)26-22)12-20(27-21)23(28)25-13-16-7-4-10-29-16/h1-3,5-6,8-9,11-12,16,26H,4,7,10,13H2,(H,25,28)/t16-/m1/s1. The number of ether oxygens (including phenoxy) is 1. The minimum atomic E-state index is -0.177. The maximum absolute atomic E-state index is 12.9. The molecule has 1 saturated heterocycles. The highest BCUT2D eigenvalue weighted by Gasteiger charge is 2.20. The fourth-order valence-corrected chi connectivity index (χ4v) is 4.31. The molecule has 0 radical (unpaired) electrons. The molecule has 2 aromatic carbocycles. The first-order valence-electron chi connectivity index (χ1n) is 9.76. The molecule has 5 nitrogen and oxygen atoms in total. The zero-order valence-corrected chi connectivity index (χ0v) is 17.3. The molecular formula is C23H20BrN3O2. The number of fused-ring (bicyclic) bond motifs is 3. The van der Waals surface area contributed by atoms with Crippen molar-refractivity contribution >= 4 is 43.6 Å². The van der Waals surface area contributed by atoms with Crippen LogP contribution in [0.25, 0.3) is 33.1 Å². The third-order valence-electron chi connectivity index (χ3n) is 5.34. The largest absolute Gasteiger partial charge is 0.376 e. The zero-order chi connectivity index (χ0) is 19.8. The second-order valence-electron chi connectivity index (χ2n) is 7.30. The normalized spacial score (nSPS) is 16.5. The summed E-state index contributed by atoms with van der Waals surface area (Å²) in [6.45, 7) is 1.28. The lowest BCUT2D eigenvalue weighted by molar-refractivity contribution is 0.0854. The molecule has 1 fully saturated rings. The first-order chi connectivity index (χ1) is 14.2. The fourth-order valence-electron chi connectivity index (χ4n) is 3.91. The summed E-state index contributed by atoms with van der Waals surface area (Å²) in [5.74, 6) is -0.177. The van der Waals surface area contributed by atoms with Gasteiger partial charge in [0, 0.05) is 39.5 Å². The van der Waals surface area contributed by atoms with Gasteiger partial charge in [0.15, 0.2) is 0 Å². The molecule has 0 saturated carbocycles. The highest BCUT2D eigenvalue weighted by Crippen LogP contribution is 2.33. The molecule has 0 aliphatic carbocycles. The minimum absolute atomic E-state index is 0.0975. The summed E-state index contributed by atoms with van der Waals surface area (Å²) in [6.07, 6.45) is 2.13. The highest BCUT2D eigenvalue weighted by atomic mass is 79.9. The first-order valence-corrected chi connectivity index (χ1v) is 10.6. The van der Waals surface area contributed by atoms with E-state index < -0.39 is 0 Å². The van der Waals surface area contributed by atoms with Crippen LogP contribution in [0.15, 0.2) is 59.1 Å². The van der Waals surface area contributed by atoms with Crippen LogP contribution in [-0.4, -0.2) is 35.1 Å². The van der Waals surface area contributed by atoms with Crippen molar-refractivity contribution in [3.8, 4) is 11.3 Å². The molecule has 2 aromatic heterocycles. The van der Waals surface area contributed by atoms with Crippen LogP contribution in [0.4, 0.5) is 0 Å². The van der Waals surface area contributed by atoms with E-state index in [0.29, 0.717) is 12.2 Å². The van der Waals surface area contributed by atoms with Crippen LogP contribution in [0.3, 0.4) is 0 Å². The van der Waals surface area contributed by atoms with E-state index >= 15 is 0 Å². The van der Waals surface area contributed by atoms with Crippen molar-refractivity contribution in [2.75, 3.05) is 13.2 Å². The van der Waals surface area contributed by atoms with Gasteiger partial charge in [-0.15, -0.1) is 0 Å². The topological polar surface area (TPSA) is 67.0 Å². The first kappa shape index (κ1) is 18.3. The highest BCUT2D eigenvalue weighted by molar-refractivity contribution is 9.10. The van der Waals surface area contributed by atoms with Gasteiger partial charge in [-0.05, 0) is 37.1 Å². The Labute approximate surface area is 176 Å². The van der Waals surface area contributed by atoms with Gasteiger partial charge in [0.2, 0.25) is 0 Å². The number of nitrogens with zero attached hydrogens (tertiary/aromatic N) is 1. The van der Waals surface area contributed by atoms with E-state index in [9.17, 15) is 4.79 Å². The molecule has 6 heteroatoms. The van der Waals surface area contributed by atoms with Gasteiger partial charge >= 0.3 is 0 Å². The average molecular weight is 450 g/mol. The molecule has 1 atom stereocenters. The number of amides is 1. The van der Waals surface area contributed by atoms with E-state index in [1.807, 2.05) is 48.5 Å². The maximum atomic E-state index is 12.9. The summed E-state index contributed by atoms with van der Waals surface area (Å²) in [7, 11) is 0. The number of para-hydroxylation sites is 1. The molecule has 2 N–H and O–H groups in total. The van der Waals surface area contributed by atoms with E-state index in [2.05, 4.69) is 32.3 Å². The lowest BCUT2D eigenvalue weighted by atomic mass is 10.1. The van der Waals surface area contributed by atoms with Crippen LogP contribution in [0.5, 0.6) is 0 Å². The van der Waals surface area contributed by atoms with E-state index in [1.54, 1.807) is 0 Å². The third kappa shape index (κ3) is 3.54. The van der Waals surface area contributed by atoms with Gasteiger partial charge in [-0.3, -0.25) is 4.79 Å². The van der Waals surface area contributed by atoms with Crippen molar-refractivity contribution in [1.82, 2.24) is 15.3 Å². The summed E-state index contributed by atoms with van der Waals surface area (Å²) in [5.41, 5.74) is 4.08. The predicted octanol–water partition coefficient (Wildman–Crippen LogP) is 5.05. The number of halogens is 1.